The van der Waals surface area contributed by atoms with Gasteiger partial charge in [0.1, 0.15) is 12.4 Å². The molecule has 5 heteroatoms. The number of carboxylic acid groups (broad SMARTS) is 1. The molecule has 19 heavy (non-hydrogen) atoms. The minimum atomic E-state index is -0.835. The molecule has 1 N–H and O–H groups in total. The summed E-state index contributed by atoms with van der Waals surface area (Å²) < 4.78 is 15.7. The summed E-state index contributed by atoms with van der Waals surface area (Å²) in [5.41, 5.74) is 0.760. The Labute approximate surface area is 113 Å². The summed E-state index contributed by atoms with van der Waals surface area (Å²) in [4.78, 5) is 10.5. The first-order valence-corrected chi connectivity index (χ1v) is 6.22. The van der Waals surface area contributed by atoms with Gasteiger partial charge in [0.2, 0.25) is 0 Å². The van der Waals surface area contributed by atoms with E-state index in [9.17, 15) is 4.79 Å². The maximum atomic E-state index is 10.5. The van der Waals surface area contributed by atoms with Crippen molar-refractivity contribution in [2.24, 2.45) is 0 Å². The van der Waals surface area contributed by atoms with E-state index in [-0.39, 0.29) is 6.42 Å². The number of ether oxygens (including phenoxy) is 3. The van der Waals surface area contributed by atoms with Crippen LogP contribution in [0.3, 0.4) is 0 Å². The second-order valence-corrected chi connectivity index (χ2v) is 4.02. The fraction of sp³-hybridized carbons (Fsp3) is 0.500. The molecule has 0 atom stereocenters. The molecule has 1 aromatic rings. The monoisotopic (exact) mass is 268 g/mol. The Morgan fingerprint density at radius 1 is 1.11 bits per heavy atom. The molecule has 5 nitrogen and oxygen atoms in total. The number of benzene rings is 1. The van der Waals surface area contributed by atoms with Gasteiger partial charge in [0.25, 0.3) is 0 Å². The molecule has 0 amide bonds. The molecule has 0 spiro atoms. The third-order valence-electron chi connectivity index (χ3n) is 2.41. The Morgan fingerprint density at radius 2 is 1.84 bits per heavy atom. The van der Waals surface area contributed by atoms with Crippen molar-refractivity contribution in [2.45, 2.75) is 12.8 Å². The lowest BCUT2D eigenvalue weighted by atomic mass is 10.1. The van der Waals surface area contributed by atoms with Crippen molar-refractivity contribution in [1.29, 1.82) is 0 Å². The van der Waals surface area contributed by atoms with E-state index >= 15 is 0 Å². The zero-order chi connectivity index (χ0) is 13.9. The van der Waals surface area contributed by atoms with Crippen LogP contribution in [-0.2, 0) is 20.7 Å². The molecule has 106 valence electrons. The lowest BCUT2D eigenvalue weighted by Gasteiger charge is -2.07. The van der Waals surface area contributed by atoms with E-state index in [1.807, 2.05) is 0 Å². The van der Waals surface area contributed by atoms with Gasteiger partial charge in [-0.1, -0.05) is 12.1 Å². The SMILES string of the molecule is COCCCOCCOc1ccc(CC(=O)O)cc1. The molecule has 0 saturated carbocycles. The summed E-state index contributed by atoms with van der Waals surface area (Å²) in [5, 5.41) is 8.64. The molecule has 0 unspecified atom stereocenters. The molecule has 0 aliphatic heterocycles. The van der Waals surface area contributed by atoms with Crippen LogP contribution in [0.1, 0.15) is 12.0 Å². The highest BCUT2D eigenvalue weighted by atomic mass is 16.5. The predicted molar refractivity (Wildman–Crippen MR) is 70.6 cm³/mol. The van der Waals surface area contributed by atoms with Crippen molar-refractivity contribution in [3.8, 4) is 5.75 Å². The lowest BCUT2D eigenvalue weighted by Crippen LogP contribution is -2.08. The zero-order valence-electron chi connectivity index (χ0n) is 11.1. The minimum Gasteiger partial charge on any atom is -0.491 e. The van der Waals surface area contributed by atoms with Crippen molar-refractivity contribution in [3.05, 3.63) is 29.8 Å². The Balaban J connectivity index is 2.14. The van der Waals surface area contributed by atoms with Crippen LogP contribution in [-0.4, -0.2) is 44.6 Å². The van der Waals surface area contributed by atoms with E-state index in [1.54, 1.807) is 31.4 Å². The predicted octanol–water partition coefficient (Wildman–Crippen LogP) is 1.75. The summed E-state index contributed by atoms with van der Waals surface area (Å²) in [6, 6.07) is 7.04. The molecule has 0 radical (unpaired) electrons. The quantitative estimate of drug-likeness (QED) is 0.655. The van der Waals surface area contributed by atoms with Crippen molar-refractivity contribution in [1.82, 2.24) is 0 Å². The van der Waals surface area contributed by atoms with E-state index in [1.165, 1.54) is 0 Å². The molecule has 0 aliphatic carbocycles. The molecule has 0 aliphatic rings. The van der Waals surface area contributed by atoms with E-state index in [4.69, 9.17) is 19.3 Å². The smallest absolute Gasteiger partial charge is 0.307 e. The van der Waals surface area contributed by atoms with Crippen LogP contribution in [0.5, 0.6) is 5.75 Å². The number of carboxylic acids is 1. The van der Waals surface area contributed by atoms with Gasteiger partial charge in [-0.3, -0.25) is 4.79 Å². The number of rotatable bonds is 10. The first-order chi connectivity index (χ1) is 9.22. The first kappa shape index (κ1) is 15.5. The van der Waals surface area contributed by atoms with Crippen LogP contribution in [0.2, 0.25) is 0 Å². The van der Waals surface area contributed by atoms with Gasteiger partial charge in [0, 0.05) is 20.3 Å². The minimum absolute atomic E-state index is 0.0306. The van der Waals surface area contributed by atoms with Gasteiger partial charge in [-0.2, -0.15) is 0 Å². The second-order valence-electron chi connectivity index (χ2n) is 4.02. The Bertz CT molecular complexity index is 361. The van der Waals surface area contributed by atoms with Gasteiger partial charge in [0.15, 0.2) is 0 Å². The molecule has 0 saturated heterocycles. The van der Waals surface area contributed by atoms with Crippen LogP contribution in [0.4, 0.5) is 0 Å². The molecule has 0 aromatic heterocycles. The molecule has 0 bridgehead atoms. The average molecular weight is 268 g/mol. The Morgan fingerprint density at radius 3 is 2.47 bits per heavy atom. The topological polar surface area (TPSA) is 65.0 Å². The summed E-state index contributed by atoms with van der Waals surface area (Å²) in [6.07, 6.45) is 0.906. The number of methoxy groups -OCH3 is 1. The fourth-order valence-electron chi connectivity index (χ4n) is 1.50. The summed E-state index contributed by atoms with van der Waals surface area (Å²) in [5.74, 6) is -0.118. The van der Waals surface area contributed by atoms with Crippen LogP contribution in [0, 0.1) is 0 Å². The average Bonchev–Trinajstić information content (AvgIpc) is 2.39. The van der Waals surface area contributed by atoms with Gasteiger partial charge in [0.05, 0.1) is 13.0 Å². The van der Waals surface area contributed by atoms with Crippen molar-refractivity contribution in [3.63, 3.8) is 0 Å². The van der Waals surface area contributed by atoms with E-state index in [2.05, 4.69) is 0 Å². The van der Waals surface area contributed by atoms with Crippen LogP contribution in [0.25, 0.3) is 0 Å². The fourth-order valence-corrected chi connectivity index (χ4v) is 1.50. The van der Waals surface area contributed by atoms with Gasteiger partial charge in [-0.15, -0.1) is 0 Å². The number of hydrogen-bond acceptors (Lipinski definition) is 4. The highest BCUT2D eigenvalue weighted by molar-refractivity contribution is 5.70. The van der Waals surface area contributed by atoms with Gasteiger partial charge >= 0.3 is 5.97 Å². The van der Waals surface area contributed by atoms with Crippen LogP contribution < -0.4 is 4.74 Å². The number of carbonyl (C=O) groups is 1. The molecule has 1 rings (SSSR count). The van der Waals surface area contributed by atoms with Crippen molar-refractivity contribution in [2.75, 3.05) is 33.5 Å². The third-order valence-corrected chi connectivity index (χ3v) is 2.41. The molecular formula is C14H20O5. The maximum Gasteiger partial charge on any atom is 0.307 e. The lowest BCUT2D eigenvalue weighted by molar-refractivity contribution is -0.136. The largest absolute Gasteiger partial charge is 0.491 e. The number of aliphatic carboxylic acids is 1. The van der Waals surface area contributed by atoms with E-state index < -0.39 is 5.97 Å². The molecular weight excluding hydrogens is 248 g/mol. The van der Waals surface area contributed by atoms with Crippen molar-refractivity contribution < 1.29 is 24.1 Å². The Kier molecular flexibility index (Phi) is 7.62. The third kappa shape index (κ3) is 7.43. The molecule has 0 heterocycles. The molecule has 1 aromatic carbocycles. The first-order valence-electron chi connectivity index (χ1n) is 6.22. The summed E-state index contributed by atoms with van der Waals surface area (Å²) >= 11 is 0. The van der Waals surface area contributed by atoms with Crippen LogP contribution in [0.15, 0.2) is 24.3 Å². The highest BCUT2D eigenvalue weighted by Crippen LogP contribution is 2.12. The summed E-state index contributed by atoms with van der Waals surface area (Å²) in [7, 11) is 1.66. The van der Waals surface area contributed by atoms with Crippen LogP contribution >= 0.6 is 0 Å². The standard InChI is InChI=1S/C14H20O5/c1-17-7-2-8-18-9-10-19-13-5-3-12(4-6-13)11-14(15)16/h3-6H,2,7-11H2,1H3,(H,15,16). The normalized spacial score (nSPS) is 10.4. The number of hydrogen-bond donors (Lipinski definition) is 1. The Hall–Kier alpha value is -1.59. The summed E-state index contributed by atoms with van der Waals surface area (Å²) in [6.45, 7) is 2.37. The van der Waals surface area contributed by atoms with Gasteiger partial charge in [-0.05, 0) is 24.1 Å². The van der Waals surface area contributed by atoms with E-state index in [0.717, 1.165) is 17.7 Å². The van der Waals surface area contributed by atoms with Gasteiger partial charge < -0.3 is 19.3 Å². The van der Waals surface area contributed by atoms with Crippen molar-refractivity contribution >= 4 is 5.97 Å². The maximum absolute atomic E-state index is 10.5. The second kappa shape index (κ2) is 9.35. The zero-order valence-corrected chi connectivity index (χ0v) is 11.1. The molecule has 0 fully saturated rings. The van der Waals surface area contributed by atoms with E-state index in [0.29, 0.717) is 26.4 Å². The van der Waals surface area contributed by atoms with Gasteiger partial charge in [-0.25, -0.2) is 0 Å². The highest BCUT2D eigenvalue weighted by Gasteiger charge is 2.00.